The van der Waals surface area contributed by atoms with Gasteiger partial charge in [0.2, 0.25) is 0 Å². The topological polar surface area (TPSA) is 69.7 Å². The van der Waals surface area contributed by atoms with Crippen molar-refractivity contribution in [3.8, 4) is 0 Å². The van der Waals surface area contributed by atoms with Gasteiger partial charge in [0, 0.05) is 5.92 Å². The molecule has 1 heterocycles. The highest BCUT2D eigenvalue weighted by atomic mass is 16.6. The van der Waals surface area contributed by atoms with Gasteiger partial charge in [-0.25, -0.2) is 0 Å². The standard InChI is InChI=1S/C15H14O5/c1-19-14(18)15-6-8(7-4-2-3-5-9(7)15)10-11(15)13(17)20-12(10)16/h2-5,7-11H,6H2,1H3/t7-,8-,9-,10+,11+,15-/m0/s1. The van der Waals surface area contributed by atoms with Gasteiger partial charge in [0.15, 0.2) is 0 Å². The molecule has 1 saturated heterocycles. The highest BCUT2D eigenvalue weighted by molar-refractivity contribution is 6.02. The van der Waals surface area contributed by atoms with Gasteiger partial charge in [0.1, 0.15) is 0 Å². The van der Waals surface area contributed by atoms with E-state index >= 15 is 0 Å². The van der Waals surface area contributed by atoms with Crippen molar-refractivity contribution in [3.05, 3.63) is 24.3 Å². The molecule has 0 spiro atoms. The zero-order valence-corrected chi connectivity index (χ0v) is 10.9. The van der Waals surface area contributed by atoms with Gasteiger partial charge in [0.25, 0.3) is 0 Å². The van der Waals surface area contributed by atoms with E-state index in [0.717, 1.165) is 0 Å². The summed E-state index contributed by atoms with van der Waals surface area (Å²) in [6.07, 6.45) is 8.35. The van der Waals surface area contributed by atoms with Crippen LogP contribution in [-0.4, -0.2) is 25.0 Å². The van der Waals surface area contributed by atoms with Crippen LogP contribution in [0.4, 0.5) is 0 Å². The number of rotatable bonds is 1. The van der Waals surface area contributed by atoms with Crippen molar-refractivity contribution in [2.45, 2.75) is 6.42 Å². The molecule has 0 aromatic heterocycles. The zero-order chi connectivity index (χ0) is 14.1. The second kappa shape index (κ2) is 3.59. The lowest BCUT2D eigenvalue weighted by molar-refractivity contribution is -0.165. The normalized spacial score (nSPS) is 47.1. The fourth-order valence-corrected chi connectivity index (χ4v) is 4.91. The Morgan fingerprint density at radius 2 is 2.05 bits per heavy atom. The number of carbonyl (C=O) groups is 3. The van der Waals surface area contributed by atoms with Crippen molar-refractivity contribution in [1.29, 1.82) is 0 Å². The number of carbonyl (C=O) groups excluding carboxylic acids is 3. The SMILES string of the molecule is COC(=O)[C@@]12C[C@@H]([C@@H]3C=CC=C[C@@H]31)[C@H]1C(=O)OC(=O)[C@@H]12. The molecule has 6 atom stereocenters. The quantitative estimate of drug-likeness (QED) is 0.524. The zero-order valence-electron chi connectivity index (χ0n) is 10.9. The van der Waals surface area contributed by atoms with Crippen LogP contribution in [0.15, 0.2) is 24.3 Å². The minimum atomic E-state index is -0.931. The lowest BCUT2D eigenvalue weighted by Crippen LogP contribution is -2.48. The number of methoxy groups -OCH3 is 1. The third kappa shape index (κ3) is 1.09. The summed E-state index contributed by atoms with van der Waals surface area (Å²) in [6.45, 7) is 0. The minimum absolute atomic E-state index is 0.00995. The van der Waals surface area contributed by atoms with Gasteiger partial charge in [-0.05, 0) is 18.3 Å². The average Bonchev–Trinajstić information content (AvgIpc) is 3.07. The lowest BCUT2D eigenvalue weighted by Gasteiger charge is -2.39. The Morgan fingerprint density at radius 1 is 1.30 bits per heavy atom. The Bertz CT molecular complexity index is 589. The molecule has 20 heavy (non-hydrogen) atoms. The summed E-state index contributed by atoms with van der Waals surface area (Å²) < 4.78 is 9.78. The van der Waals surface area contributed by atoms with E-state index in [1.807, 2.05) is 24.3 Å². The molecule has 2 bridgehead atoms. The third-order valence-electron chi connectivity index (χ3n) is 5.51. The molecule has 2 saturated carbocycles. The molecule has 1 aliphatic heterocycles. The van der Waals surface area contributed by atoms with Crippen LogP contribution in [0, 0.1) is 35.0 Å². The Morgan fingerprint density at radius 3 is 2.80 bits per heavy atom. The molecule has 5 heteroatoms. The molecule has 3 fully saturated rings. The summed E-state index contributed by atoms with van der Waals surface area (Å²) in [5, 5.41) is 0. The van der Waals surface area contributed by atoms with Crippen LogP contribution in [0.2, 0.25) is 0 Å². The Balaban J connectivity index is 1.90. The van der Waals surface area contributed by atoms with E-state index in [4.69, 9.17) is 9.47 Å². The fraction of sp³-hybridized carbons (Fsp3) is 0.533. The van der Waals surface area contributed by atoms with Gasteiger partial charge >= 0.3 is 17.9 Å². The van der Waals surface area contributed by atoms with E-state index in [1.54, 1.807) is 0 Å². The minimum Gasteiger partial charge on any atom is -0.469 e. The first kappa shape index (κ1) is 11.9. The van der Waals surface area contributed by atoms with Crippen LogP contribution in [-0.2, 0) is 23.9 Å². The van der Waals surface area contributed by atoms with Crippen LogP contribution in [0.1, 0.15) is 6.42 Å². The maximum absolute atomic E-state index is 12.4. The van der Waals surface area contributed by atoms with Gasteiger partial charge < -0.3 is 9.47 Å². The first-order valence-electron chi connectivity index (χ1n) is 6.80. The van der Waals surface area contributed by atoms with E-state index in [2.05, 4.69) is 0 Å². The molecule has 0 radical (unpaired) electrons. The van der Waals surface area contributed by atoms with Gasteiger partial charge in [-0.2, -0.15) is 0 Å². The number of allylic oxidation sites excluding steroid dienone is 4. The predicted molar refractivity (Wildman–Crippen MR) is 65.9 cm³/mol. The predicted octanol–water partition coefficient (Wildman–Crippen LogP) is 0.853. The molecule has 0 aromatic rings. The molecule has 4 rings (SSSR count). The van der Waals surface area contributed by atoms with Gasteiger partial charge in [0.05, 0.1) is 24.4 Å². The van der Waals surface area contributed by atoms with E-state index in [-0.39, 0.29) is 17.8 Å². The molecule has 5 nitrogen and oxygen atoms in total. The maximum Gasteiger partial charge on any atom is 0.318 e. The number of ether oxygens (including phenoxy) is 2. The smallest absolute Gasteiger partial charge is 0.318 e. The summed E-state index contributed by atoms with van der Waals surface area (Å²) in [5.41, 5.74) is -0.931. The monoisotopic (exact) mass is 274 g/mol. The van der Waals surface area contributed by atoms with Gasteiger partial charge in [-0.15, -0.1) is 0 Å². The van der Waals surface area contributed by atoms with Crippen molar-refractivity contribution >= 4 is 17.9 Å². The lowest BCUT2D eigenvalue weighted by atomic mass is 9.60. The first-order chi connectivity index (χ1) is 9.61. The number of cyclic esters (lactones) is 2. The summed E-state index contributed by atoms with van der Waals surface area (Å²) in [5.74, 6) is -2.57. The molecule has 104 valence electrons. The van der Waals surface area contributed by atoms with Crippen molar-refractivity contribution < 1.29 is 23.9 Å². The second-order valence-corrected chi connectivity index (χ2v) is 6.02. The highest BCUT2D eigenvalue weighted by Crippen LogP contribution is 2.69. The molecular weight excluding hydrogens is 260 g/mol. The molecular formula is C15H14O5. The van der Waals surface area contributed by atoms with E-state index in [9.17, 15) is 14.4 Å². The molecule has 0 amide bonds. The fourth-order valence-electron chi connectivity index (χ4n) is 4.91. The largest absolute Gasteiger partial charge is 0.469 e. The summed E-state index contributed by atoms with van der Waals surface area (Å²) in [4.78, 5) is 36.5. The van der Waals surface area contributed by atoms with Crippen molar-refractivity contribution in [3.63, 3.8) is 0 Å². The van der Waals surface area contributed by atoms with Crippen molar-refractivity contribution in [2.24, 2.45) is 35.0 Å². The van der Waals surface area contributed by atoms with Crippen molar-refractivity contribution in [2.75, 3.05) is 7.11 Å². The molecule has 4 aliphatic rings. The number of hydrogen-bond donors (Lipinski definition) is 0. The van der Waals surface area contributed by atoms with E-state index in [0.29, 0.717) is 6.42 Å². The first-order valence-corrected chi connectivity index (χ1v) is 6.80. The van der Waals surface area contributed by atoms with Crippen LogP contribution in [0.25, 0.3) is 0 Å². The maximum atomic E-state index is 12.4. The van der Waals surface area contributed by atoms with Crippen molar-refractivity contribution in [1.82, 2.24) is 0 Å². The number of esters is 3. The van der Waals surface area contributed by atoms with Crippen LogP contribution in [0.3, 0.4) is 0 Å². The second-order valence-electron chi connectivity index (χ2n) is 6.02. The van der Waals surface area contributed by atoms with E-state index in [1.165, 1.54) is 7.11 Å². The number of fused-ring (bicyclic) bond motifs is 8. The summed E-state index contributed by atoms with van der Waals surface area (Å²) in [7, 11) is 1.33. The van der Waals surface area contributed by atoms with Crippen LogP contribution < -0.4 is 0 Å². The molecule has 3 aliphatic carbocycles. The molecule has 0 unspecified atom stereocenters. The van der Waals surface area contributed by atoms with E-state index < -0.39 is 35.2 Å². The van der Waals surface area contributed by atoms with Gasteiger partial charge in [-0.3, -0.25) is 14.4 Å². The Labute approximate surface area is 115 Å². The third-order valence-corrected chi connectivity index (χ3v) is 5.51. The Kier molecular flexibility index (Phi) is 2.13. The molecule has 0 N–H and O–H groups in total. The Hall–Kier alpha value is -1.91. The average molecular weight is 274 g/mol. The highest BCUT2D eigenvalue weighted by Gasteiger charge is 2.76. The number of hydrogen-bond acceptors (Lipinski definition) is 5. The summed E-state index contributed by atoms with van der Waals surface area (Å²) in [6, 6.07) is 0. The van der Waals surface area contributed by atoms with Gasteiger partial charge in [-0.1, -0.05) is 24.3 Å². The summed E-state index contributed by atoms with van der Waals surface area (Å²) >= 11 is 0. The molecule has 0 aromatic carbocycles. The van der Waals surface area contributed by atoms with Crippen LogP contribution >= 0.6 is 0 Å². The van der Waals surface area contributed by atoms with Crippen LogP contribution in [0.5, 0.6) is 0 Å².